The molecule has 5 fully saturated rings. The molecule has 200 valence electrons. The summed E-state index contributed by atoms with van der Waals surface area (Å²) >= 11 is 0. The highest BCUT2D eigenvalue weighted by Crippen LogP contribution is 2.70. The van der Waals surface area contributed by atoms with Gasteiger partial charge in [0.2, 0.25) is 0 Å². The molecule has 36 heavy (non-hydrogen) atoms. The van der Waals surface area contributed by atoms with E-state index in [4.69, 9.17) is 4.74 Å². The van der Waals surface area contributed by atoms with Gasteiger partial charge < -0.3 is 25.0 Å². The van der Waals surface area contributed by atoms with Crippen LogP contribution in [0.25, 0.3) is 0 Å². The Bertz CT molecular complexity index is 947. The third-order valence-corrected chi connectivity index (χ3v) is 12.2. The monoisotopic (exact) mass is 499 g/mol. The molecule has 6 rings (SSSR count). The minimum absolute atomic E-state index is 0.176. The first-order valence-electron chi connectivity index (χ1n) is 14.5. The van der Waals surface area contributed by atoms with E-state index >= 15 is 0 Å². The van der Waals surface area contributed by atoms with Crippen LogP contribution in [0.3, 0.4) is 0 Å². The molecule has 0 bridgehead atoms. The zero-order valence-corrected chi connectivity index (χ0v) is 22.4. The van der Waals surface area contributed by atoms with Gasteiger partial charge >= 0.3 is 12.0 Å². The van der Waals surface area contributed by atoms with Crippen LogP contribution < -0.4 is 5.32 Å². The number of nitrogens with one attached hydrogen (secondary N) is 1. The van der Waals surface area contributed by atoms with Crippen molar-refractivity contribution in [3.05, 3.63) is 11.6 Å². The average molecular weight is 500 g/mol. The number of aliphatic hydroxyl groups is 1. The quantitative estimate of drug-likeness (QED) is 0.568. The lowest BCUT2D eigenvalue weighted by Crippen LogP contribution is -2.63. The summed E-state index contributed by atoms with van der Waals surface area (Å²) in [4.78, 5) is 29.0. The second kappa shape index (κ2) is 8.72. The molecule has 7 nitrogen and oxygen atoms in total. The number of piperazine rings is 1. The number of rotatable bonds is 2. The highest BCUT2D eigenvalue weighted by atomic mass is 16.5. The molecule has 0 aromatic heterocycles. The van der Waals surface area contributed by atoms with Gasteiger partial charge in [0.1, 0.15) is 6.61 Å². The van der Waals surface area contributed by atoms with Gasteiger partial charge in [0.05, 0.1) is 5.60 Å². The van der Waals surface area contributed by atoms with Crippen LogP contribution in [0.5, 0.6) is 0 Å². The van der Waals surface area contributed by atoms with E-state index in [0.29, 0.717) is 30.4 Å². The Hall–Kier alpha value is -1.60. The van der Waals surface area contributed by atoms with Gasteiger partial charge in [0.25, 0.3) is 0 Å². The average Bonchev–Trinajstić information content (AvgIpc) is 3.43. The lowest BCUT2D eigenvalue weighted by atomic mass is 9.43. The van der Waals surface area contributed by atoms with Crippen LogP contribution in [0, 0.1) is 34.5 Å². The number of fused-ring (bicyclic) bond motifs is 5. The van der Waals surface area contributed by atoms with Crippen LogP contribution in [-0.2, 0) is 9.53 Å². The minimum Gasteiger partial charge on any atom is -0.458 e. The van der Waals surface area contributed by atoms with Crippen molar-refractivity contribution in [1.29, 1.82) is 0 Å². The summed E-state index contributed by atoms with van der Waals surface area (Å²) < 4.78 is 5.27. The van der Waals surface area contributed by atoms with Gasteiger partial charge in [-0.15, -0.1) is 0 Å². The van der Waals surface area contributed by atoms with Gasteiger partial charge in [-0.1, -0.05) is 13.8 Å². The van der Waals surface area contributed by atoms with Crippen LogP contribution in [0.2, 0.25) is 0 Å². The Labute approximate surface area is 216 Å². The van der Waals surface area contributed by atoms with Crippen molar-refractivity contribution in [3.63, 3.8) is 0 Å². The normalized spacial score (nSPS) is 46.3. The van der Waals surface area contributed by atoms with Crippen LogP contribution in [0.15, 0.2) is 11.6 Å². The minimum atomic E-state index is -0.660. The summed E-state index contributed by atoms with van der Waals surface area (Å²) in [6.45, 7) is 8.59. The maximum absolute atomic E-state index is 13.2. The number of carbonyl (C=O) groups excluding carboxylic acids is 2. The molecule has 0 aromatic rings. The lowest BCUT2D eigenvalue weighted by molar-refractivity contribution is -0.206. The summed E-state index contributed by atoms with van der Waals surface area (Å²) in [6.07, 6.45) is 11.2. The van der Waals surface area contributed by atoms with Crippen molar-refractivity contribution in [1.82, 2.24) is 15.1 Å². The first-order chi connectivity index (χ1) is 17.2. The van der Waals surface area contributed by atoms with E-state index in [2.05, 4.69) is 19.2 Å². The lowest BCUT2D eigenvalue weighted by Gasteiger charge is -2.64. The number of hydrogen-bond donors (Lipinski definition) is 2. The predicted molar refractivity (Wildman–Crippen MR) is 137 cm³/mol. The van der Waals surface area contributed by atoms with Crippen molar-refractivity contribution in [2.24, 2.45) is 34.5 Å². The van der Waals surface area contributed by atoms with Crippen molar-refractivity contribution in [3.8, 4) is 0 Å². The highest BCUT2D eigenvalue weighted by Gasteiger charge is 2.67. The highest BCUT2D eigenvalue weighted by molar-refractivity contribution is 5.85. The molecule has 2 aliphatic heterocycles. The van der Waals surface area contributed by atoms with Crippen molar-refractivity contribution >= 4 is 12.0 Å². The molecule has 2 heterocycles. The van der Waals surface area contributed by atoms with Gasteiger partial charge in [-0.25, -0.2) is 9.59 Å². The Morgan fingerprint density at radius 2 is 1.86 bits per heavy atom. The summed E-state index contributed by atoms with van der Waals surface area (Å²) in [5, 5.41) is 15.7. The summed E-state index contributed by atoms with van der Waals surface area (Å²) in [5.41, 5.74) is 0.505. The number of amides is 2. The van der Waals surface area contributed by atoms with E-state index in [-0.39, 0.29) is 28.7 Å². The molecule has 8 atom stereocenters. The molecule has 4 saturated carbocycles. The molecule has 1 unspecified atom stereocenters. The molecule has 7 heteroatoms. The standard InChI is InChI=1S/C29H45N3O4/c1-27-9-6-21(31(3)26(34)32-14-12-30-13-15-32)17-20(27)4-5-24-23(27)7-10-28(2)22(8-11-29(24,28)35)19-16-25(33)36-18-19/h16,20-24,30,35H,4-15,17-18H2,1-3H3/t20-,21?,22-,23+,24-,27+,28-,29+/m1/s1. The van der Waals surface area contributed by atoms with Crippen LogP contribution >= 0.6 is 0 Å². The number of cyclic esters (lactones) is 1. The fourth-order valence-corrected chi connectivity index (χ4v) is 9.97. The molecule has 4 aliphatic carbocycles. The number of ether oxygens (including phenoxy) is 1. The summed E-state index contributed by atoms with van der Waals surface area (Å²) in [5.74, 6) is 1.52. The summed E-state index contributed by atoms with van der Waals surface area (Å²) in [7, 11) is 2.02. The van der Waals surface area contributed by atoms with Gasteiger partial charge in [-0.2, -0.15) is 0 Å². The molecule has 2 amide bonds. The third-order valence-electron chi connectivity index (χ3n) is 12.2. The van der Waals surface area contributed by atoms with E-state index in [1.54, 1.807) is 6.08 Å². The third kappa shape index (κ3) is 3.51. The van der Waals surface area contributed by atoms with Crippen LogP contribution in [0.1, 0.15) is 71.6 Å². The Morgan fingerprint density at radius 1 is 1.08 bits per heavy atom. The molecule has 0 aromatic carbocycles. The molecule has 1 saturated heterocycles. The van der Waals surface area contributed by atoms with E-state index in [1.807, 2.05) is 16.8 Å². The zero-order chi connectivity index (χ0) is 25.3. The molecular formula is C29H45N3O4. The maximum atomic E-state index is 13.2. The van der Waals surface area contributed by atoms with Gasteiger partial charge in [-0.05, 0) is 92.4 Å². The molecule has 2 N–H and O–H groups in total. The van der Waals surface area contributed by atoms with Crippen molar-refractivity contribution in [2.75, 3.05) is 39.8 Å². The van der Waals surface area contributed by atoms with E-state index in [0.717, 1.165) is 89.5 Å². The first kappa shape index (κ1) is 24.7. The number of carbonyl (C=O) groups is 2. The molecule has 6 aliphatic rings. The first-order valence-corrected chi connectivity index (χ1v) is 14.5. The summed E-state index contributed by atoms with van der Waals surface area (Å²) in [6, 6.07) is 0.517. The van der Waals surface area contributed by atoms with Crippen LogP contribution in [0.4, 0.5) is 4.79 Å². The molecular weight excluding hydrogens is 454 g/mol. The Kier molecular flexibility index (Phi) is 5.99. The maximum Gasteiger partial charge on any atom is 0.331 e. The van der Waals surface area contributed by atoms with Crippen molar-refractivity contribution < 1.29 is 19.4 Å². The number of nitrogens with zero attached hydrogens (tertiary/aromatic N) is 2. The smallest absolute Gasteiger partial charge is 0.331 e. The largest absolute Gasteiger partial charge is 0.458 e. The Balaban J connectivity index is 1.18. The van der Waals surface area contributed by atoms with Gasteiger partial charge in [0, 0.05) is 50.8 Å². The van der Waals surface area contributed by atoms with Crippen LogP contribution in [-0.4, -0.2) is 78.4 Å². The van der Waals surface area contributed by atoms with E-state index in [1.165, 1.54) is 0 Å². The number of hydrogen-bond acceptors (Lipinski definition) is 5. The van der Waals surface area contributed by atoms with Gasteiger partial charge in [-0.3, -0.25) is 0 Å². The van der Waals surface area contributed by atoms with Gasteiger partial charge in [0.15, 0.2) is 0 Å². The fourth-order valence-electron chi connectivity index (χ4n) is 9.97. The van der Waals surface area contributed by atoms with E-state index in [9.17, 15) is 14.7 Å². The predicted octanol–water partition coefficient (Wildman–Crippen LogP) is 3.57. The topological polar surface area (TPSA) is 82.1 Å². The fraction of sp³-hybridized carbons (Fsp3) is 0.862. The number of esters is 1. The Morgan fingerprint density at radius 3 is 2.58 bits per heavy atom. The SMILES string of the molecule is CN(C(=O)N1CCNCC1)C1CC[C@@]2(C)[C@H](CC[C@@H]3[C@@H]2CC[C@]2(C)[C@@H](C4=CC(=O)OC4)CC[C@]32O)C1. The second-order valence-corrected chi connectivity index (χ2v) is 13.4. The molecule has 0 spiro atoms. The van der Waals surface area contributed by atoms with E-state index < -0.39 is 5.60 Å². The molecule has 0 radical (unpaired) electrons. The number of urea groups is 1. The second-order valence-electron chi connectivity index (χ2n) is 13.4. The van der Waals surface area contributed by atoms with Crippen molar-refractivity contribution in [2.45, 2.75) is 83.3 Å². The zero-order valence-electron chi connectivity index (χ0n) is 22.4.